The topological polar surface area (TPSA) is 97.1 Å². The van der Waals surface area contributed by atoms with Gasteiger partial charge in [-0.1, -0.05) is 0 Å². The van der Waals surface area contributed by atoms with Gasteiger partial charge in [-0.2, -0.15) is 0 Å². The van der Waals surface area contributed by atoms with Crippen molar-refractivity contribution in [2.45, 2.75) is 18.9 Å². The van der Waals surface area contributed by atoms with E-state index in [2.05, 4.69) is 15.6 Å². The Morgan fingerprint density at radius 2 is 2.24 bits per heavy atom. The highest BCUT2D eigenvalue weighted by Gasteiger charge is 2.23. The minimum absolute atomic E-state index is 0.0163. The average molecular weight is 234 g/mol. The molecule has 0 aromatic carbocycles. The van der Waals surface area contributed by atoms with Crippen LogP contribution in [0.25, 0.3) is 0 Å². The summed E-state index contributed by atoms with van der Waals surface area (Å²) >= 11 is 0. The maximum absolute atomic E-state index is 11.6. The molecule has 0 atom stereocenters. The highest BCUT2D eigenvalue weighted by molar-refractivity contribution is 5.96. The van der Waals surface area contributed by atoms with Crippen LogP contribution in [0.5, 0.6) is 0 Å². The van der Waals surface area contributed by atoms with Gasteiger partial charge in [0.1, 0.15) is 5.82 Å². The van der Waals surface area contributed by atoms with E-state index in [0.29, 0.717) is 11.6 Å². The number of carbonyl (C=O) groups excluding carboxylic acids is 2. The Labute approximate surface area is 98.6 Å². The van der Waals surface area contributed by atoms with E-state index in [9.17, 15) is 9.59 Å². The summed E-state index contributed by atoms with van der Waals surface area (Å²) in [4.78, 5) is 26.7. The first-order valence-corrected chi connectivity index (χ1v) is 5.44. The summed E-state index contributed by atoms with van der Waals surface area (Å²) in [6, 6.07) is 3.31. The van der Waals surface area contributed by atoms with Crippen molar-refractivity contribution >= 4 is 17.6 Å². The number of rotatable bonds is 4. The third kappa shape index (κ3) is 3.44. The number of hydrogen-bond donors (Lipinski definition) is 3. The van der Waals surface area contributed by atoms with Gasteiger partial charge in [-0.05, 0) is 25.0 Å². The predicted molar refractivity (Wildman–Crippen MR) is 62.1 cm³/mol. The van der Waals surface area contributed by atoms with Crippen molar-refractivity contribution < 1.29 is 9.59 Å². The molecule has 1 aliphatic rings. The second-order valence-electron chi connectivity index (χ2n) is 3.99. The third-order valence-corrected chi connectivity index (χ3v) is 2.40. The van der Waals surface area contributed by atoms with Crippen molar-refractivity contribution in [1.82, 2.24) is 15.6 Å². The van der Waals surface area contributed by atoms with Gasteiger partial charge in [-0.3, -0.25) is 9.59 Å². The van der Waals surface area contributed by atoms with E-state index in [4.69, 9.17) is 5.73 Å². The fourth-order valence-corrected chi connectivity index (χ4v) is 1.36. The molecule has 1 aliphatic carbocycles. The summed E-state index contributed by atoms with van der Waals surface area (Å²) in [5, 5.41) is 5.31. The van der Waals surface area contributed by atoms with E-state index >= 15 is 0 Å². The normalized spacial score (nSPS) is 14.1. The molecule has 0 spiro atoms. The van der Waals surface area contributed by atoms with Gasteiger partial charge in [0.15, 0.2) is 0 Å². The zero-order chi connectivity index (χ0) is 12.3. The fourth-order valence-electron chi connectivity index (χ4n) is 1.36. The zero-order valence-electron chi connectivity index (χ0n) is 9.27. The highest BCUT2D eigenvalue weighted by Crippen LogP contribution is 2.18. The van der Waals surface area contributed by atoms with Crippen LogP contribution in [0.1, 0.15) is 23.2 Å². The third-order valence-electron chi connectivity index (χ3n) is 2.40. The van der Waals surface area contributed by atoms with Crippen LogP contribution in [-0.2, 0) is 4.79 Å². The first-order valence-electron chi connectivity index (χ1n) is 5.44. The number of pyridine rings is 1. The monoisotopic (exact) mass is 234 g/mol. The Balaban J connectivity index is 1.82. The summed E-state index contributed by atoms with van der Waals surface area (Å²) in [5.74, 6) is -0.215. The lowest BCUT2D eigenvalue weighted by molar-refractivity contribution is -0.120. The van der Waals surface area contributed by atoms with E-state index in [0.717, 1.165) is 12.8 Å². The van der Waals surface area contributed by atoms with E-state index in [-0.39, 0.29) is 24.2 Å². The minimum Gasteiger partial charge on any atom is -0.384 e. The van der Waals surface area contributed by atoms with E-state index in [1.165, 1.54) is 12.3 Å². The van der Waals surface area contributed by atoms with Crippen molar-refractivity contribution in [2.24, 2.45) is 0 Å². The van der Waals surface area contributed by atoms with Gasteiger partial charge < -0.3 is 16.4 Å². The second-order valence-corrected chi connectivity index (χ2v) is 3.99. The first kappa shape index (κ1) is 11.4. The van der Waals surface area contributed by atoms with Crippen molar-refractivity contribution in [3.63, 3.8) is 0 Å². The van der Waals surface area contributed by atoms with E-state index in [1.54, 1.807) is 6.07 Å². The lowest BCUT2D eigenvalue weighted by Gasteiger charge is -2.06. The highest BCUT2D eigenvalue weighted by atomic mass is 16.2. The molecular formula is C11H14N4O2. The van der Waals surface area contributed by atoms with E-state index < -0.39 is 0 Å². The van der Waals surface area contributed by atoms with Gasteiger partial charge in [0.05, 0.1) is 6.54 Å². The number of amides is 2. The summed E-state index contributed by atoms with van der Waals surface area (Å²) in [5.41, 5.74) is 5.86. The van der Waals surface area contributed by atoms with Crippen LogP contribution in [-0.4, -0.2) is 29.4 Å². The lowest BCUT2D eigenvalue weighted by Crippen LogP contribution is -2.37. The summed E-state index contributed by atoms with van der Waals surface area (Å²) < 4.78 is 0. The van der Waals surface area contributed by atoms with Crippen molar-refractivity contribution in [1.29, 1.82) is 0 Å². The Hall–Kier alpha value is -2.11. The molecule has 90 valence electrons. The SMILES string of the molecule is Nc1cc(C(=O)NCC(=O)NC2CC2)ccn1. The summed E-state index contributed by atoms with van der Waals surface area (Å²) in [6.07, 6.45) is 3.51. The number of carbonyl (C=O) groups is 2. The van der Waals surface area contributed by atoms with Crippen molar-refractivity contribution in [3.8, 4) is 0 Å². The molecule has 1 aromatic rings. The quantitative estimate of drug-likeness (QED) is 0.664. The number of anilines is 1. The molecule has 2 rings (SSSR count). The molecule has 4 N–H and O–H groups in total. The predicted octanol–water partition coefficient (Wildman–Crippen LogP) is -0.328. The maximum atomic E-state index is 11.6. The fraction of sp³-hybridized carbons (Fsp3) is 0.364. The number of nitrogen functional groups attached to an aromatic ring is 1. The van der Waals surface area contributed by atoms with Gasteiger partial charge in [0, 0.05) is 17.8 Å². The van der Waals surface area contributed by atoms with Crippen LogP contribution >= 0.6 is 0 Å². The maximum Gasteiger partial charge on any atom is 0.251 e. The summed E-state index contributed by atoms with van der Waals surface area (Å²) in [7, 11) is 0. The molecule has 0 saturated heterocycles. The summed E-state index contributed by atoms with van der Waals surface area (Å²) in [6.45, 7) is -0.0163. The Kier molecular flexibility index (Phi) is 3.22. The van der Waals surface area contributed by atoms with Gasteiger partial charge in [0.2, 0.25) is 5.91 Å². The molecular weight excluding hydrogens is 220 g/mol. The largest absolute Gasteiger partial charge is 0.384 e. The molecule has 1 saturated carbocycles. The molecule has 1 aromatic heterocycles. The second kappa shape index (κ2) is 4.82. The van der Waals surface area contributed by atoms with Crippen LogP contribution in [0.15, 0.2) is 18.3 Å². The van der Waals surface area contributed by atoms with Crippen LogP contribution in [0.4, 0.5) is 5.82 Å². The average Bonchev–Trinajstić information content (AvgIpc) is 3.10. The molecule has 6 heteroatoms. The van der Waals surface area contributed by atoms with E-state index in [1.807, 2.05) is 0 Å². The smallest absolute Gasteiger partial charge is 0.251 e. The molecule has 0 unspecified atom stereocenters. The van der Waals surface area contributed by atoms with Gasteiger partial charge in [-0.25, -0.2) is 4.98 Å². The molecule has 6 nitrogen and oxygen atoms in total. The van der Waals surface area contributed by atoms with Crippen LogP contribution in [0.2, 0.25) is 0 Å². The Bertz CT molecular complexity index is 443. The molecule has 1 fully saturated rings. The molecule has 17 heavy (non-hydrogen) atoms. The van der Waals surface area contributed by atoms with Gasteiger partial charge in [-0.15, -0.1) is 0 Å². The van der Waals surface area contributed by atoms with Crippen LogP contribution in [0, 0.1) is 0 Å². The molecule has 0 radical (unpaired) electrons. The number of hydrogen-bond acceptors (Lipinski definition) is 4. The molecule has 2 amide bonds. The number of nitrogens with two attached hydrogens (primary N) is 1. The zero-order valence-corrected chi connectivity index (χ0v) is 9.27. The molecule has 1 heterocycles. The Morgan fingerprint density at radius 3 is 2.88 bits per heavy atom. The minimum atomic E-state index is -0.329. The Morgan fingerprint density at radius 1 is 1.47 bits per heavy atom. The number of nitrogens with one attached hydrogen (secondary N) is 2. The van der Waals surface area contributed by atoms with Gasteiger partial charge in [0.25, 0.3) is 5.91 Å². The molecule has 0 bridgehead atoms. The van der Waals surface area contributed by atoms with Gasteiger partial charge >= 0.3 is 0 Å². The van der Waals surface area contributed by atoms with Crippen LogP contribution in [0.3, 0.4) is 0 Å². The standard InChI is InChI=1S/C11H14N4O2/c12-9-5-7(3-4-13-9)11(17)14-6-10(16)15-8-1-2-8/h3-5,8H,1-2,6H2,(H2,12,13)(H,14,17)(H,15,16). The number of nitrogens with zero attached hydrogens (tertiary/aromatic N) is 1. The molecule has 0 aliphatic heterocycles. The lowest BCUT2D eigenvalue weighted by atomic mass is 10.2. The number of aromatic nitrogens is 1. The van der Waals surface area contributed by atoms with Crippen molar-refractivity contribution in [3.05, 3.63) is 23.9 Å². The van der Waals surface area contributed by atoms with Crippen LogP contribution < -0.4 is 16.4 Å². The van der Waals surface area contributed by atoms with Crippen molar-refractivity contribution in [2.75, 3.05) is 12.3 Å². The first-order chi connectivity index (χ1) is 8.15.